The average Bonchev–Trinajstić information content (AvgIpc) is 3.12. The molecule has 1 unspecified atom stereocenters. The number of carbonyl (C=O) groups excluding carboxylic acids is 2. The highest BCUT2D eigenvalue weighted by Gasteiger charge is 2.38. The van der Waals surface area contributed by atoms with Crippen LogP contribution < -0.4 is 19.8 Å². The van der Waals surface area contributed by atoms with Crippen molar-refractivity contribution in [2.75, 3.05) is 39.2 Å². The van der Waals surface area contributed by atoms with Crippen molar-refractivity contribution in [1.29, 1.82) is 0 Å². The second-order valence-electron chi connectivity index (χ2n) is 12.1. The number of piperidine rings is 3. The molecule has 0 radical (unpaired) electrons. The highest BCUT2D eigenvalue weighted by Crippen LogP contribution is 2.36. The molecule has 2 N–H and O–H groups in total. The van der Waals surface area contributed by atoms with Gasteiger partial charge in [-0.2, -0.15) is 0 Å². The van der Waals surface area contributed by atoms with Crippen LogP contribution in [0.2, 0.25) is 10.0 Å². The number of hydrogen-bond acceptors (Lipinski definition) is 8. The van der Waals surface area contributed by atoms with Crippen molar-refractivity contribution in [1.82, 2.24) is 4.90 Å². The van der Waals surface area contributed by atoms with Gasteiger partial charge in [-0.15, -0.1) is 0 Å². The van der Waals surface area contributed by atoms with E-state index in [-0.39, 0.29) is 23.8 Å². The quantitative estimate of drug-likeness (QED) is 0.159. The Kier molecular flexibility index (Phi) is 10.9. The van der Waals surface area contributed by atoms with Crippen LogP contribution in [0.5, 0.6) is 11.5 Å². The van der Waals surface area contributed by atoms with Crippen LogP contribution in [0, 0.1) is 11.7 Å². The molecular weight excluding hydrogens is 672 g/mol. The van der Waals surface area contributed by atoms with Crippen LogP contribution >= 0.6 is 23.2 Å². The monoisotopic (exact) mass is 708 g/mol. The zero-order chi connectivity index (χ0) is 34.5. The van der Waals surface area contributed by atoms with Crippen molar-refractivity contribution < 1.29 is 37.9 Å². The lowest BCUT2D eigenvalue weighted by atomic mass is 9.86. The number of anilines is 1. The van der Waals surface area contributed by atoms with Crippen LogP contribution in [-0.2, 0) is 20.7 Å². The van der Waals surface area contributed by atoms with Gasteiger partial charge in [-0.1, -0.05) is 59.6 Å². The van der Waals surface area contributed by atoms with E-state index in [1.807, 2.05) is 18.2 Å². The molecule has 1 aromatic heterocycles. The lowest BCUT2D eigenvalue weighted by Crippen LogP contribution is -2.52. The number of fused-ring (bicyclic) bond motifs is 3. The summed E-state index contributed by atoms with van der Waals surface area (Å²) in [7, 11) is 3.02. The van der Waals surface area contributed by atoms with Gasteiger partial charge in [0.2, 0.25) is 0 Å². The highest BCUT2D eigenvalue weighted by atomic mass is 35.5. The summed E-state index contributed by atoms with van der Waals surface area (Å²) in [6.07, 6.45) is 4.17. The molecule has 3 aliphatic rings. The lowest BCUT2D eigenvalue weighted by molar-refractivity contribution is -0.377. The predicted octanol–water partition coefficient (Wildman–Crippen LogP) is 6.90. The number of nitrogens with one attached hydrogen (secondary N) is 2. The zero-order valence-corrected chi connectivity index (χ0v) is 28.6. The third-order valence-corrected chi connectivity index (χ3v) is 9.83. The second-order valence-corrected chi connectivity index (χ2v) is 13.0. The Labute approximate surface area is 294 Å². The summed E-state index contributed by atoms with van der Waals surface area (Å²) >= 11 is 12.9. The fraction of sp³-hybridized carbons (Fsp3) is 0.324. The molecular formula is C37H37Cl2FN3O6+. The zero-order valence-electron chi connectivity index (χ0n) is 27.1. The molecule has 3 atom stereocenters. The van der Waals surface area contributed by atoms with E-state index in [0.717, 1.165) is 32.0 Å². The molecule has 3 aromatic carbocycles. The van der Waals surface area contributed by atoms with E-state index >= 15 is 4.39 Å². The molecule has 0 amide bonds. The number of rotatable bonds is 12. The third kappa shape index (κ3) is 7.93. The van der Waals surface area contributed by atoms with Gasteiger partial charge in [-0.3, -0.25) is 4.90 Å². The number of aromatic amines is 1. The van der Waals surface area contributed by atoms with Crippen LogP contribution in [0.15, 0.2) is 79.1 Å². The maximum absolute atomic E-state index is 15.7. The molecule has 0 aliphatic carbocycles. The summed E-state index contributed by atoms with van der Waals surface area (Å²) in [5, 5.41) is 3.74. The Bertz CT molecular complexity index is 1780. The third-order valence-electron chi connectivity index (χ3n) is 9.15. The molecule has 4 heterocycles. The summed E-state index contributed by atoms with van der Waals surface area (Å²) in [4.78, 5) is 32.3. The smallest absolute Gasteiger partial charge is 0.338 e. The number of hydrogen-bond donors (Lipinski definition) is 1. The number of ether oxygens (including phenoxy) is 4. The normalized spacial score (nSPS) is 19.4. The number of halogens is 3. The van der Waals surface area contributed by atoms with Crippen LogP contribution in [0.25, 0.3) is 0 Å². The Morgan fingerprint density at radius 3 is 2.29 bits per heavy atom. The number of esters is 2. The van der Waals surface area contributed by atoms with Gasteiger partial charge in [0.25, 0.3) is 0 Å². The largest absolute Gasteiger partial charge is 0.493 e. The summed E-state index contributed by atoms with van der Waals surface area (Å²) in [6.45, 7) is 2.73. The fourth-order valence-electron chi connectivity index (χ4n) is 6.43. The van der Waals surface area contributed by atoms with E-state index in [1.165, 1.54) is 26.4 Å². The van der Waals surface area contributed by atoms with E-state index in [4.69, 9.17) is 42.1 Å². The number of nitrogens with zero attached hydrogens (tertiary/aromatic N) is 1. The van der Waals surface area contributed by atoms with Crippen molar-refractivity contribution in [2.24, 2.45) is 5.92 Å². The second kappa shape index (κ2) is 15.4. The molecule has 3 saturated heterocycles. The van der Waals surface area contributed by atoms with E-state index in [1.54, 1.807) is 42.7 Å². The van der Waals surface area contributed by atoms with Crippen molar-refractivity contribution in [3.63, 3.8) is 0 Å². The number of benzene rings is 3. The maximum Gasteiger partial charge on any atom is 0.338 e. The topological polar surface area (TPSA) is 100 Å². The van der Waals surface area contributed by atoms with E-state index in [9.17, 15) is 9.59 Å². The first-order valence-electron chi connectivity index (χ1n) is 16.0. The summed E-state index contributed by atoms with van der Waals surface area (Å²) < 4.78 is 38.6. The van der Waals surface area contributed by atoms with Crippen LogP contribution in [-0.4, -0.2) is 56.8 Å². The van der Waals surface area contributed by atoms with E-state index in [2.05, 4.69) is 15.2 Å². The molecule has 7 rings (SSSR count). The molecule has 9 nitrogen and oxygen atoms in total. The van der Waals surface area contributed by atoms with Gasteiger partial charge < -0.3 is 24.3 Å². The van der Waals surface area contributed by atoms with E-state index in [0.29, 0.717) is 50.7 Å². The number of H-pyrrole nitrogens is 1. The molecule has 0 spiro atoms. The van der Waals surface area contributed by atoms with Gasteiger partial charge in [-0.05, 0) is 73.3 Å². The summed E-state index contributed by atoms with van der Waals surface area (Å²) in [6, 6.07) is 17.1. The standard InChI is InChI=1S/C37H36Cl2FN3O6/c1-46-31-11-9-24(17-33(31)47-2)32(18-26-27(38)19-41-20-28(26)39)48-36(44)25-8-10-30(29(40)16-25)42-35(23-6-4-3-5-7-23)37(45)49-34-21-43-14-12-22(34)13-15-43/h3-11,16-17,19-20,22,32,34-35,42H,12-15,18,21H2,1-2H3/p+1/t32-,34-,35?/m0/s1. The van der Waals surface area contributed by atoms with Crippen molar-refractivity contribution in [2.45, 2.75) is 37.5 Å². The Morgan fingerprint density at radius 1 is 0.939 bits per heavy atom. The van der Waals surface area contributed by atoms with Gasteiger partial charge >= 0.3 is 11.9 Å². The molecule has 256 valence electrons. The van der Waals surface area contributed by atoms with Crippen LogP contribution in [0.4, 0.5) is 10.1 Å². The first kappa shape index (κ1) is 34.5. The van der Waals surface area contributed by atoms with Gasteiger partial charge in [0, 0.05) is 18.5 Å². The molecule has 2 bridgehead atoms. The summed E-state index contributed by atoms with van der Waals surface area (Å²) in [5.74, 6) is -0.752. The molecule has 3 fully saturated rings. The SMILES string of the molecule is COc1ccc([C@H](Cc2c(Cl)c[nH+]cc2Cl)OC(=O)c2ccc(NC(C(=O)O[C@H]3CN4CCC3CC4)c3ccccc3)c(F)c2)cc1OC. The fourth-order valence-corrected chi connectivity index (χ4v) is 6.97. The minimum atomic E-state index is -0.962. The number of carbonyl (C=O) groups is 2. The maximum atomic E-state index is 15.7. The van der Waals surface area contributed by atoms with E-state index < -0.39 is 29.9 Å². The molecule has 49 heavy (non-hydrogen) atoms. The number of aromatic nitrogens is 1. The average molecular weight is 710 g/mol. The van der Waals surface area contributed by atoms with Gasteiger partial charge in [-0.25, -0.2) is 19.0 Å². The minimum Gasteiger partial charge on any atom is -0.493 e. The Hall–Kier alpha value is -4.38. The first-order chi connectivity index (χ1) is 23.7. The molecule has 0 saturated carbocycles. The van der Waals surface area contributed by atoms with Gasteiger partial charge in [0.05, 0.1) is 25.5 Å². The van der Waals surface area contributed by atoms with Crippen LogP contribution in [0.1, 0.15) is 52.0 Å². The van der Waals surface area contributed by atoms with Crippen molar-refractivity contribution >= 4 is 40.8 Å². The van der Waals surface area contributed by atoms with Crippen molar-refractivity contribution in [3.8, 4) is 11.5 Å². The molecule has 4 aromatic rings. The van der Waals surface area contributed by atoms with Gasteiger partial charge in [0.1, 0.15) is 28.1 Å². The molecule has 12 heteroatoms. The first-order valence-corrected chi connectivity index (χ1v) is 16.8. The van der Waals surface area contributed by atoms with Crippen molar-refractivity contribution in [3.05, 3.63) is 117 Å². The molecule has 3 aliphatic heterocycles. The highest BCUT2D eigenvalue weighted by molar-refractivity contribution is 6.35. The Balaban J connectivity index is 1.23. The summed E-state index contributed by atoms with van der Waals surface area (Å²) in [5.41, 5.74) is 1.77. The number of pyridine rings is 1. The minimum absolute atomic E-state index is 0.0294. The van der Waals surface area contributed by atoms with Crippen LogP contribution in [0.3, 0.4) is 0 Å². The van der Waals surface area contributed by atoms with Gasteiger partial charge in [0.15, 0.2) is 29.9 Å². The lowest BCUT2D eigenvalue weighted by Gasteiger charge is -2.44. The number of methoxy groups -OCH3 is 2. The Morgan fingerprint density at radius 2 is 1.65 bits per heavy atom. The predicted molar refractivity (Wildman–Crippen MR) is 183 cm³/mol.